The van der Waals surface area contributed by atoms with E-state index in [2.05, 4.69) is 5.10 Å². The standard InChI is InChI=1S/C12H19N3O/c1-9-11(10(2)14(3)13-9)12(16)15-7-5-4-6-8-15/h4-8H2,1-3H3. The summed E-state index contributed by atoms with van der Waals surface area (Å²) in [6.45, 7) is 5.65. The SMILES string of the molecule is Cc1nn(C)c(C)c1C(=O)N1CCCCC1. The van der Waals surface area contributed by atoms with Crippen LogP contribution in [0.2, 0.25) is 0 Å². The van der Waals surface area contributed by atoms with E-state index < -0.39 is 0 Å². The molecule has 2 rings (SSSR count). The molecule has 1 amide bonds. The number of piperidine rings is 1. The maximum atomic E-state index is 12.3. The lowest BCUT2D eigenvalue weighted by Gasteiger charge is -2.26. The minimum Gasteiger partial charge on any atom is -0.339 e. The molecule has 2 heterocycles. The number of aromatic nitrogens is 2. The molecule has 1 fully saturated rings. The van der Waals surface area contributed by atoms with Crippen LogP contribution in [-0.4, -0.2) is 33.7 Å². The number of carbonyl (C=O) groups excluding carboxylic acids is 1. The lowest BCUT2D eigenvalue weighted by Crippen LogP contribution is -2.36. The van der Waals surface area contributed by atoms with Crippen LogP contribution in [-0.2, 0) is 7.05 Å². The van der Waals surface area contributed by atoms with Gasteiger partial charge in [0, 0.05) is 25.8 Å². The van der Waals surface area contributed by atoms with E-state index in [4.69, 9.17) is 0 Å². The molecule has 1 aromatic heterocycles. The summed E-state index contributed by atoms with van der Waals surface area (Å²) in [5, 5.41) is 4.30. The Kier molecular flexibility index (Phi) is 2.99. The van der Waals surface area contributed by atoms with E-state index in [1.54, 1.807) is 4.68 Å². The Morgan fingerprint density at radius 2 is 1.81 bits per heavy atom. The minimum absolute atomic E-state index is 0.155. The summed E-state index contributed by atoms with van der Waals surface area (Å²) < 4.78 is 1.78. The highest BCUT2D eigenvalue weighted by Gasteiger charge is 2.23. The molecule has 1 aliphatic rings. The third-order valence-corrected chi connectivity index (χ3v) is 3.37. The number of carbonyl (C=O) groups is 1. The Bertz CT molecular complexity index is 403. The average molecular weight is 221 g/mol. The fourth-order valence-corrected chi connectivity index (χ4v) is 2.34. The number of aryl methyl sites for hydroxylation is 2. The number of likely N-dealkylation sites (tertiary alicyclic amines) is 1. The zero-order valence-electron chi connectivity index (χ0n) is 10.3. The number of hydrogen-bond donors (Lipinski definition) is 0. The smallest absolute Gasteiger partial charge is 0.257 e. The number of hydrogen-bond acceptors (Lipinski definition) is 2. The largest absolute Gasteiger partial charge is 0.339 e. The Hall–Kier alpha value is -1.32. The first-order valence-electron chi connectivity index (χ1n) is 5.90. The van der Waals surface area contributed by atoms with Crippen molar-refractivity contribution in [1.82, 2.24) is 14.7 Å². The molecule has 0 N–H and O–H groups in total. The molecule has 0 aromatic carbocycles. The average Bonchev–Trinajstić information content (AvgIpc) is 2.54. The van der Waals surface area contributed by atoms with Gasteiger partial charge in [0.2, 0.25) is 0 Å². The van der Waals surface area contributed by atoms with Crippen LogP contribution >= 0.6 is 0 Å². The zero-order valence-corrected chi connectivity index (χ0v) is 10.3. The van der Waals surface area contributed by atoms with Gasteiger partial charge in [0.25, 0.3) is 5.91 Å². The van der Waals surface area contributed by atoms with Gasteiger partial charge in [-0.1, -0.05) is 0 Å². The minimum atomic E-state index is 0.155. The first kappa shape index (κ1) is 11.2. The normalized spacial score (nSPS) is 16.6. The summed E-state index contributed by atoms with van der Waals surface area (Å²) in [5.41, 5.74) is 2.60. The molecule has 1 aromatic rings. The monoisotopic (exact) mass is 221 g/mol. The predicted octanol–water partition coefficient (Wildman–Crippen LogP) is 1.66. The van der Waals surface area contributed by atoms with Crippen molar-refractivity contribution in [2.45, 2.75) is 33.1 Å². The van der Waals surface area contributed by atoms with Crippen LogP contribution in [0.3, 0.4) is 0 Å². The Morgan fingerprint density at radius 3 is 2.31 bits per heavy atom. The highest BCUT2D eigenvalue weighted by Crippen LogP contribution is 2.18. The fourth-order valence-electron chi connectivity index (χ4n) is 2.34. The molecule has 0 unspecified atom stereocenters. The summed E-state index contributed by atoms with van der Waals surface area (Å²) in [6.07, 6.45) is 3.50. The molecule has 16 heavy (non-hydrogen) atoms. The summed E-state index contributed by atoms with van der Waals surface area (Å²) in [6, 6.07) is 0. The van der Waals surface area contributed by atoms with Gasteiger partial charge in [0.05, 0.1) is 11.3 Å². The van der Waals surface area contributed by atoms with E-state index in [1.165, 1.54) is 6.42 Å². The van der Waals surface area contributed by atoms with Gasteiger partial charge in [-0.3, -0.25) is 9.48 Å². The van der Waals surface area contributed by atoms with Crippen molar-refractivity contribution in [3.05, 3.63) is 17.0 Å². The molecule has 0 saturated carbocycles. The molecular weight excluding hydrogens is 202 g/mol. The predicted molar refractivity (Wildman–Crippen MR) is 62.4 cm³/mol. The van der Waals surface area contributed by atoms with Gasteiger partial charge in [-0.2, -0.15) is 5.10 Å². The van der Waals surface area contributed by atoms with Crippen molar-refractivity contribution < 1.29 is 4.79 Å². The molecule has 4 nitrogen and oxygen atoms in total. The third kappa shape index (κ3) is 1.84. The second-order valence-corrected chi connectivity index (χ2v) is 4.52. The summed E-state index contributed by atoms with van der Waals surface area (Å²) in [4.78, 5) is 14.3. The first-order chi connectivity index (χ1) is 7.61. The topological polar surface area (TPSA) is 38.1 Å². The van der Waals surface area contributed by atoms with Gasteiger partial charge in [0.1, 0.15) is 0 Å². The van der Waals surface area contributed by atoms with Gasteiger partial charge in [-0.15, -0.1) is 0 Å². The molecule has 88 valence electrons. The van der Waals surface area contributed by atoms with Gasteiger partial charge < -0.3 is 4.90 Å². The van der Waals surface area contributed by atoms with Crippen molar-refractivity contribution in [3.8, 4) is 0 Å². The summed E-state index contributed by atoms with van der Waals surface area (Å²) >= 11 is 0. The number of nitrogens with zero attached hydrogens (tertiary/aromatic N) is 3. The summed E-state index contributed by atoms with van der Waals surface area (Å²) in [5.74, 6) is 0.155. The van der Waals surface area contributed by atoms with Gasteiger partial charge in [0.15, 0.2) is 0 Å². The molecule has 1 saturated heterocycles. The summed E-state index contributed by atoms with van der Waals surface area (Å²) in [7, 11) is 1.88. The van der Waals surface area contributed by atoms with Crippen molar-refractivity contribution >= 4 is 5.91 Å². The molecule has 0 radical (unpaired) electrons. The maximum absolute atomic E-state index is 12.3. The quantitative estimate of drug-likeness (QED) is 0.723. The van der Waals surface area contributed by atoms with Crippen LogP contribution in [0.1, 0.15) is 41.0 Å². The first-order valence-corrected chi connectivity index (χ1v) is 5.90. The molecule has 0 bridgehead atoms. The lowest BCUT2D eigenvalue weighted by atomic mass is 10.1. The second kappa shape index (κ2) is 4.28. The number of rotatable bonds is 1. The lowest BCUT2D eigenvalue weighted by molar-refractivity contribution is 0.0723. The molecule has 1 aliphatic heterocycles. The fraction of sp³-hybridized carbons (Fsp3) is 0.667. The van der Waals surface area contributed by atoms with E-state index >= 15 is 0 Å². The van der Waals surface area contributed by atoms with E-state index in [-0.39, 0.29) is 5.91 Å². The Morgan fingerprint density at radius 1 is 1.19 bits per heavy atom. The Balaban J connectivity index is 2.25. The van der Waals surface area contributed by atoms with Gasteiger partial charge in [-0.25, -0.2) is 0 Å². The van der Waals surface area contributed by atoms with Crippen LogP contribution in [0.5, 0.6) is 0 Å². The Labute approximate surface area is 96.2 Å². The van der Waals surface area contributed by atoms with Gasteiger partial charge >= 0.3 is 0 Å². The van der Waals surface area contributed by atoms with E-state index in [0.717, 1.165) is 42.9 Å². The highest BCUT2D eigenvalue weighted by molar-refractivity contribution is 5.96. The van der Waals surface area contributed by atoms with Gasteiger partial charge in [-0.05, 0) is 33.1 Å². The molecule has 0 spiro atoms. The molecule has 4 heteroatoms. The van der Waals surface area contributed by atoms with Crippen LogP contribution in [0.15, 0.2) is 0 Å². The van der Waals surface area contributed by atoms with Crippen LogP contribution < -0.4 is 0 Å². The van der Waals surface area contributed by atoms with Crippen molar-refractivity contribution in [2.24, 2.45) is 7.05 Å². The van der Waals surface area contributed by atoms with Crippen LogP contribution in [0.25, 0.3) is 0 Å². The molecular formula is C12H19N3O. The molecule has 0 aliphatic carbocycles. The third-order valence-electron chi connectivity index (χ3n) is 3.37. The zero-order chi connectivity index (χ0) is 11.7. The van der Waals surface area contributed by atoms with E-state index in [0.29, 0.717) is 0 Å². The van der Waals surface area contributed by atoms with Crippen LogP contribution in [0, 0.1) is 13.8 Å². The molecule has 0 atom stereocenters. The van der Waals surface area contributed by atoms with E-state index in [1.807, 2.05) is 25.8 Å². The van der Waals surface area contributed by atoms with E-state index in [9.17, 15) is 4.79 Å². The van der Waals surface area contributed by atoms with Crippen LogP contribution in [0.4, 0.5) is 0 Å². The van der Waals surface area contributed by atoms with Crippen molar-refractivity contribution in [1.29, 1.82) is 0 Å². The maximum Gasteiger partial charge on any atom is 0.257 e. The highest BCUT2D eigenvalue weighted by atomic mass is 16.2. The number of amides is 1. The van der Waals surface area contributed by atoms with Crippen molar-refractivity contribution in [3.63, 3.8) is 0 Å². The van der Waals surface area contributed by atoms with Crippen molar-refractivity contribution in [2.75, 3.05) is 13.1 Å². The second-order valence-electron chi connectivity index (χ2n) is 4.52.